The number of amides is 2. The van der Waals surface area contributed by atoms with Crippen LogP contribution in [-0.2, 0) is 11.2 Å². The first-order valence-electron chi connectivity index (χ1n) is 7.48. The first-order chi connectivity index (χ1) is 10.2. The molecule has 5 nitrogen and oxygen atoms in total. The number of nitrogens with one attached hydrogen (secondary N) is 2. The minimum atomic E-state index is -0.278. The van der Waals surface area contributed by atoms with Crippen molar-refractivity contribution in [3.63, 3.8) is 0 Å². The van der Waals surface area contributed by atoms with Crippen molar-refractivity contribution in [2.75, 3.05) is 19.8 Å². The Bertz CT molecular complexity index is 432. The number of aliphatic hydroxyl groups is 1. The van der Waals surface area contributed by atoms with Gasteiger partial charge in [0.25, 0.3) is 0 Å². The first-order valence-corrected chi connectivity index (χ1v) is 7.48. The summed E-state index contributed by atoms with van der Waals surface area (Å²) in [5.74, 6) is 0.373. The normalized spacial score (nSPS) is 20.8. The maximum absolute atomic E-state index is 12.0. The van der Waals surface area contributed by atoms with Crippen molar-refractivity contribution >= 4 is 6.03 Å². The molecule has 0 unspecified atom stereocenters. The van der Waals surface area contributed by atoms with Gasteiger partial charge in [0, 0.05) is 18.6 Å². The van der Waals surface area contributed by atoms with E-state index in [-0.39, 0.29) is 24.7 Å². The van der Waals surface area contributed by atoms with Crippen molar-refractivity contribution in [3.05, 3.63) is 35.9 Å². The van der Waals surface area contributed by atoms with Crippen LogP contribution in [0.4, 0.5) is 4.79 Å². The molecule has 116 valence electrons. The molecule has 5 heteroatoms. The quantitative estimate of drug-likeness (QED) is 0.740. The van der Waals surface area contributed by atoms with Crippen LogP contribution in [-0.4, -0.2) is 43.0 Å². The Kier molecular flexibility index (Phi) is 6.02. The summed E-state index contributed by atoms with van der Waals surface area (Å²) in [6.07, 6.45) is 1.60. The van der Waals surface area contributed by atoms with Crippen molar-refractivity contribution in [1.82, 2.24) is 10.6 Å². The van der Waals surface area contributed by atoms with Gasteiger partial charge in [-0.1, -0.05) is 30.3 Å². The van der Waals surface area contributed by atoms with E-state index in [0.717, 1.165) is 18.6 Å². The zero-order valence-corrected chi connectivity index (χ0v) is 12.4. The van der Waals surface area contributed by atoms with Gasteiger partial charge in [0.15, 0.2) is 0 Å². The highest BCUT2D eigenvalue weighted by atomic mass is 16.5. The highest BCUT2D eigenvalue weighted by Gasteiger charge is 2.24. The fourth-order valence-corrected chi connectivity index (χ4v) is 2.56. The van der Waals surface area contributed by atoms with Crippen molar-refractivity contribution in [2.45, 2.75) is 31.8 Å². The molecule has 1 heterocycles. The molecule has 21 heavy (non-hydrogen) atoms. The van der Waals surface area contributed by atoms with Gasteiger partial charge in [0.2, 0.25) is 0 Å². The summed E-state index contributed by atoms with van der Waals surface area (Å²) in [4.78, 5) is 12.0. The third-order valence-corrected chi connectivity index (χ3v) is 3.91. The molecule has 0 radical (unpaired) electrons. The SMILES string of the molecule is C[C@H](NC(=O)N[C@H](CO)Cc1ccccc1)[C@@H]1CCOC1. The van der Waals surface area contributed by atoms with Gasteiger partial charge in [0.1, 0.15) is 0 Å². The third kappa shape index (κ3) is 5.02. The molecular formula is C16H24N2O3. The second-order valence-corrected chi connectivity index (χ2v) is 5.60. The van der Waals surface area contributed by atoms with E-state index >= 15 is 0 Å². The molecule has 3 N–H and O–H groups in total. The summed E-state index contributed by atoms with van der Waals surface area (Å²) in [6.45, 7) is 3.38. The second kappa shape index (κ2) is 8.00. The Balaban J connectivity index is 1.79. The maximum Gasteiger partial charge on any atom is 0.315 e. The summed E-state index contributed by atoms with van der Waals surface area (Å²) in [5.41, 5.74) is 1.09. The Morgan fingerprint density at radius 2 is 2.14 bits per heavy atom. The van der Waals surface area contributed by atoms with Crippen molar-refractivity contribution in [3.8, 4) is 0 Å². The fourth-order valence-electron chi connectivity index (χ4n) is 2.56. The summed E-state index contributed by atoms with van der Waals surface area (Å²) >= 11 is 0. The van der Waals surface area contributed by atoms with E-state index in [1.807, 2.05) is 37.3 Å². The zero-order valence-electron chi connectivity index (χ0n) is 12.4. The average Bonchev–Trinajstić information content (AvgIpc) is 3.02. The number of hydrogen-bond donors (Lipinski definition) is 3. The molecule has 2 amide bonds. The molecule has 1 aromatic carbocycles. The fraction of sp³-hybridized carbons (Fsp3) is 0.562. The van der Waals surface area contributed by atoms with Crippen LogP contribution in [0.25, 0.3) is 0 Å². The minimum absolute atomic E-state index is 0.0727. The van der Waals surface area contributed by atoms with Crippen LogP contribution in [0.2, 0.25) is 0 Å². The van der Waals surface area contributed by atoms with E-state index in [1.165, 1.54) is 0 Å². The van der Waals surface area contributed by atoms with Crippen LogP contribution >= 0.6 is 0 Å². The van der Waals surface area contributed by atoms with Gasteiger partial charge in [-0.2, -0.15) is 0 Å². The largest absolute Gasteiger partial charge is 0.394 e. The van der Waals surface area contributed by atoms with E-state index < -0.39 is 0 Å². The molecule has 0 aromatic heterocycles. The van der Waals surface area contributed by atoms with Gasteiger partial charge in [-0.05, 0) is 25.3 Å². The molecule has 1 aliphatic rings. The van der Waals surface area contributed by atoms with Gasteiger partial charge in [-0.15, -0.1) is 0 Å². The van der Waals surface area contributed by atoms with Crippen LogP contribution < -0.4 is 10.6 Å². The molecule has 0 aliphatic carbocycles. The molecule has 2 rings (SSSR count). The lowest BCUT2D eigenvalue weighted by Gasteiger charge is -2.22. The predicted octanol–water partition coefficient (Wildman–Crippen LogP) is 1.31. The standard InChI is InChI=1S/C16H24N2O3/c1-12(14-7-8-21-11-14)17-16(20)18-15(10-19)9-13-5-3-2-4-6-13/h2-6,12,14-15,19H,7-11H2,1H3,(H2,17,18,20)/t12-,14+,15-/m0/s1. The highest BCUT2D eigenvalue weighted by Crippen LogP contribution is 2.16. The Labute approximate surface area is 125 Å². The number of rotatable bonds is 6. The maximum atomic E-state index is 12.0. The molecule has 1 aliphatic heterocycles. The van der Waals surface area contributed by atoms with Crippen molar-refractivity contribution in [2.24, 2.45) is 5.92 Å². The smallest absolute Gasteiger partial charge is 0.315 e. The molecule has 1 fully saturated rings. The predicted molar refractivity (Wildman–Crippen MR) is 81.1 cm³/mol. The molecule has 0 bridgehead atoms. The lowest BCUT2D eigenvalue weighted by Crippen LogP contribution is -2.49. The van der Waals surface area contributed by atoms with Crippen LogP contribution in [0.15, 0.2) is 30.3 Å². The van der Waals surface area contributed by atoms with Crippen LogP contribution in [0.5, 0.6) is 0 Å². The minimum Gasteiger partial charge on any atom is -0.394 e. The Hall–Kier alpha value is -1.59. The lowest BCUT2D eigenvalue weighted by molar-refractivity contribution is 0.176. The summed E-state index contributed by atoms with van der Waals surface area (Å²) in [7, 11) is 0. The number of ether oxygens (including phenoxy) is 1. The monoisotopic (exact) mass is 292 g/mol. The number of hydrogen-bond acceptors (Lipinski definition) is 3. The number of carbonyl (C=O) groups is 1. The van der Waals surface area contributed by atoms with Gasteiger partial charge < -0.3 is 20.5 Å². The molecule has 3 atom stereocenters. The van der Waals surface area contributed by atoms with Gasteiger partial charge in [-0.25, -0.2) is 4.79 Å². The summed E-state index contributed by atoms with van der Waals surface area (Å²) < 4.78 is 5.33. The van der Waals surface area contributed by atoms with E-state index in [9.17, 15) is 9.90 Å². The number of aliphatic hydroxyl groups excluding tert-OH is 1. The van der Waals surface area contributed by atoms with E-state index in [0.29, 0.717) is 18.9 Å². The molecule has 0 saturated carbocycles. The van der Waals surface area contributed by atoms with E-state index in [2.05, 4.69) is 10.6 Å². The number of urea groups is 1. The van der Waals surface area contributed by atoms with Gasteiger partial charge in [0.05, 0.1) is 19.3 Å². The summed E-state index contributed by atoms with van der Waals surface area (Å²) in [6, 6.07) is 9.38. The molecule has 1 aromatic rings. The lowest BCUT2D eigenvalue weighted by atomic mass is 10.0. The first kappa shape index (κ1) is 15.8. The second-order valence-electron chi connectivity index (χ2n) is 5.60. The Morgan fingerprint density at radius 3 is 2.76 bits per heavy atom. The Morgan fingerprint density at radius 1 is 1.38 bits per heavy atom. The zero-order chi connectivity index (χ0) is 15.1. The summed E-state index contributed by atoms with van der Waals surface area (Å²) in [5, 5.41) is 15.2. The van der Waals surface area contributed by atoms with Crippen LogP contribution in [0, 0.1) is 5.92 Å². The van der Waals surface area contributed by atoms with E-state index in [1.54, 1.807) is 0 Å². The molecule has 1 saturated heterocycles. The van der Waals surface area contributed by atoms with Crippen molar-refractivity contribution < 1.29 is 14.6 Å². The molecular weight excluding hydrogens is 268 g/mol. The van der Waals surface area contributed by atoms with E-state index in [4.69, 9.17) is 4.74 Å². The van der Waals surface area contributed by atoms with Gasteiger partial charge in [-0.3, -0.25) is 0 Å². The average molecular weight is 292 g/mol. The topological polar surface area (TPSA) is 70.6 Å². The number of carbonyl (C=O) groups excluding carboxylic acids is 1. The third-order valence-electron chi connectivity index (χ3n) is 3.91. The van der Waals surface area contributed by atoms with Crippen molar-refractivity contribution in [1.29, 1.82) is 0 Å². The van der Waals surface area contributed by atoms with Crippen LogP contribution in [0.1, 0.15) is 18.9 Å². The highest BCUT2D eigenvalue weighted by molar-refractivity contribution is 5.74. The van der Waals surface area contributed by atoms with Crippen LogP contribution in [0.3, 0.4) is 0 Å². The molecule has 0 spiro atoms. The van der Waals surface area contributed by atoms with Gasteiger partial charge >= 0.3 is 6.03 Å². The number of benzene rings is 1.